The number of benzene rings is 2. The van der Waals surface area contributed by atoms with Crippen molar-refractivity contribution in [3.8, 4) is 5.75 Å². The van der Waals surface area contributed by atoms with Gasteiger partial charge in [-0.3, -0.25) is 9.36 Å². The lowest BCUT2D eigenvalue weighted by Crippen LogP contribution is -2.15. The summed E-state index contributed by atoms with van der Waals surface area (Å²) >= 11 is 1.34. The second-order valence-corrected chi connectivity index (χ2v) is 8.10. The molecular weight excluding hydrogens is 408 g/mol. The maximum Gasteiger partial charge on any atom is 0.234 e. The summed E-state index contributed by atoms with van der Waals surface area (Å²) in [5.74, 6) is 1.65. The molecule has 0 fully saturated rings. The van der Waals surface area contributed by atoms with E-state index in [4.69, 9.17) is 4.74 Å². The van der Waals surface area contributed by atoms with Crippen LogP contribution in [0.5, 0.6) is 5.75 Å². The molecule has 1 heterocycles. The van der Waals surface area contributed by atoms with Crippen LogP contribution in [0.15, 0.2) is 66.3 Å². The van der Waals surface area contributed by atoms with Crippen molar-refractivity contribution in [1.82, 2.24) is 14.8 Å². The first-order chi connectivity index (χ1) is 15.0. The number of hydrogen-bond acceptors (Lipinski definition) is 5. The first-order valence-corrected chi connectivity index (χ1v) is 11.3. The van der Waals surface area contributed by atoms with Gasteiger partial charge in [0.15, 0.2) is 17.1 Å². The summed E-state index contributed by atoms with van der Waals surface area (Å²) in [6.07, 6.45) is 2.46. The standard InChI is InChI=1S/C24H28N4O2S/c1-5-15-28-23(18(4)30-21-10-8-7-9-17(21)3)26-27-24(28)31-16-22(29)25-20-13-11-19(6-2)12-14-20/h5,7-14,18H,1,6,15-16H2,2-4H3,(H,25,29). The predicted molar refractivity (Wildman–Crippen MR) is 126 cm³/mol. The van der Waals surface area contributed by atoms with Crippen LogP contribution in [0.4, 0.5) is 5.69 Å². The van der Waals surface area contributed by atoms with Crippen LogP contribution in [0.25, 0.3) is 0 Å². The summed E-state index contributed by atoms with van der Waals surface area (Å²) in [5, 5.41) is 12.2. The van der Waals surface area contributed by atoms with Gasteiger partial charge < -0.3 is 10.1 Å². The number of aryl methyl sites for hydroxylation is 2. The van der Waals surface area contributed by atoms with Crippen molar-refractivity contribution in [3.63, 3.8) is 0 Å². The molecule has 0 bridgehead atoms. The molecule has 0 saturated carbocycles. The van der Waals surface area contributed by atoms with Crippen LogP contribution in [0, 0.1) is 6.92 Å². The molecule has 1 atom stereocenters. The Labute approximate surface area is 187 Å². The fraction of sp³-hybridized carbons (Fsp3) is 0.292. The van der Waals surface area contributed by atoms with E-state index in [-0.39, 0.29) is 17.8 Å². The normalized spacial score (nSPS) is 11.7. The fourth-order valence-corrected chi connectivity index (χ4v) is 3.85. The Morgan fingerprint density at radius 3 is 2.65 bits per heavy atom. The second-order valence-electron chi connectivity index (χ2n) is 7.15. The Morgan fingerprint density at radius 1 is 1.23 bits per heavy atom. The lowest BCUT2D eigenvalue weighted by Gasteiger charge is -2.17. The number of nitrogens with one attached hydrogen (secondary N) is 1. The number of para-hydroxylation sites is 1. The van der Waals surface area contributed by atoms with Gasteiger partial charge in [-0.05, 0) is 49.6 Å². The molecule has 0 radical (unpaired) electrons. The molecule has 3 rings (SSSR count). The minimum atomic E-state index is -0.297. The minimum Gasteiger partial charge on any atom is -0.482 e. The number of rotatable bonds is 10. The number of nitrogens with zero attached hydrogens (tertiary/aromatic N) is 3. The summed E-state index contributed by atoms with van der Waals surface area (Å²) in [7, 11) is 0. The lowest BCUT2D eigenvalue weighted by atomic mass is 10.1. The Balaban J connectivity index is 1.65. The van der Waals surface area contributed by atoms with Gasteiger partial charge in [0.1, 0.15) is 5.75 Å². The monoisotopic (exact) mass is 436 g/mol. The number of aromatic nitrogens is 3. The molecule has 3 aromatic rings. The van der Waals surface area contributed by atoms with E-state index >= 15 is 0 Å². The average Bonchev–Trinajstić information content (AvgIpc) is 3.17. The Hall–Kier alpha value is -3.06. The highest BCUT2D eigenvalue weighted by atomic mass is 32.2. The van der Waals surface area contributed by atoms with E-state index in [0.29, 0.717) is 17.5 Å². The number of thioether (sulfide) groups is 1. The zero-order valence-corrected chi connectivity index (χ0v) is 19.0. The van der Waals surface area contributed by atoms with E-state index < -0.39 is 0 Å². The van der Waals surface area contributed by atoms with Gasteiger partial charge in [0, 0.05) is 12.2 Å². The molecule has 1 aromatic heterocycles. The molecule has 2 aromatic carbocycles. The molecule has 0 spiro atoms. The Bertz CT molecular complexity index is 1030. The highest BCUT2D eigenvalue weighted by Crippen LogP contribution is 2.26. The summed E-state index contributed by atoms with van der Waals surface area (Å²) in [6, 6.07) is 15.7. The van der Waals surface area contributed by atoms with E-state index in [1.54, 1.807) is 6.08 Å². The highest BCUT2D eigenvalue weighted by molar-refractivity contribution is 7.99. The maximum absolute atomic E-state index is 12.4. The van der Waals surface area contributed by atoms with Crippen LogP contribution in [0.1, 0.15) is 36.9 Å². The van der Waals surface area contributed by atoms with Crippen molar-refractivity contribution in [2.24, 2.45) is 0 Å². The van der Waals surface area contributed by atoms with E-state index in [1.807, 2.05) is 66.9 Å². The van der Waals surface area contributed by atoms with Crippen molar-refractivity contribution in [2.75, 3.05) is 11.1 Å². The van der Waals surface area contributed by atoms with E-state index in [0.717, 1.165) is 23.4 Å². The van der Waals surface area contributed by atoms with Crippen LogP contribution in [-0.4, -0.2) is 26.4 Å². The zero-order chi connectivity index (χ0) is 22.2. The summed E-state index contributed by atoms with van der Waals surface area (Å²) in [6.45, 7) is 10.4. The van der Waals surface area contributed by atoms with Gasteiger partial charge >= 0.3 is 0 Å². The molecule has 31 heavy (non-hydrogen) atoms. The largest absolute Gasteiger partial charge is 0.482 e. The first-order valence-electron chi connectivity index (χ1n) is 10.3. The quantitative estimate of drug-likeness (QED) is 0.349. The van der Waals surface area contributed by atoms with Gasteiger partial charge in [-0.25, -0.2) is 0 Å². The second kappa shape index (κ2) is 10.8. The molecule has 0 saturated heterocycles. The van der Waals surface area contributed by atoms with Crippen molar-refractivity contribution in [1.29, 1.82) is 0 Å². The molecule has 162 valence electrons. The SMILES string of the molecule is C=CCn1c(SCC(=O)Nc2ccc(CC)cc2)nnc1C(C)Oc1ccccc1C. The molecule has 1 unspecified atom stereocenters. The van der Waals surface area contributed by atoms with Crippen LogP contribution in [0.2, 0.25) is 0 Å². The topological polar surface area (TPSA) is 69.0 Å². The molecular formula is C24H28N4O2S. The lowest BCUT2D eigenvalue weighted by molar-refractivity contribution is -0.113. The number of ether oxygens (including phenoxy) is 1. The van der Waals surface area contributed by atoms with E-state index in [2.05, 4.69) is 29.0 Å². The van der Waals surface area contributed by atoms with Crippen LogP contribution >= 0.6 is 11.8 Å². The van der Waals surface area contributed by atoms with Crippen molar-refractivity contribution in [3.05, 3.63) is 78.1 Å². The van der Waals surface area contributed by atoms with Gasteiger partial charge in [-0.15, -0.1) is 16.8 Å². The van der Waals surface area contributed by atoms with Gasteiger partial charge in [0.2, 0.25) is 5.91 Å². The summed E-state index contributed by atoms with van der Waals surface area (Å²) < 4.78 is 8.04. The van der Waals surface area contributed by atoms with Crippen molar-refractivity contribution < 1.29 is 9.53 Å². The molecule has 1 N–H and O–H groups in total. The maximum atomic E-state index is 12.4. The van der Waals surface area contributed by atoms with E-state index in [1.165, 1.54) is 17.3 Å². The summed E-state index contributed by atoms with van der Waals surface area (Å²) in [4.78, 5) is 12.4. The number of allylic oxidation sites excluding steroid dienone is 1. The third-order valence-corrected chi connectivity index (χ3v) is 5.76. The Morgan fingerprint density at radius 2 is 1.97 bits per heavy atom. The molecule has 0 aliphatic rings. The summed E-state index contributed by atoms with van der Waals surface area (Å²) in [5.41, 5.74) is 3.08. The number of hydrogen-bond donors (Lipinski definition) is 1. The van der Waals surface area contributed by atoms with Crippen LogP contribution in [0.3, 0.4) is 0 Å². The Kier molecular flexibility index (Phi) is 7.89. The molecule has 6 nitrogen and oxygen atoms in total. The first kappa shape index (κ1) is 22.6. The molecule has 0 aliphatic heterocycles. The third-order valence-electron chi connectivity index (χ3n) is 4.80. The number of amides is 1. The molecule has 7 heteroatoms. The smallest absolute Gasteiger partial charge is 0.234 e. The number of carbonyl (C=O) groups is 1. The van der Waals surface area contributed by atoms with Crippen molar-refractivity contribution in [2.45, 2.75) is 45.0 Å². The van der Waals surface area contributed by atoms with Gasteiger partial charge in [-0.2, -0.15) is 0 Å². The molecule has 1 amide bonds. The zero-order valence-electron chi connectivity index (χ0n) is 18.2. The third kappa shape index (κ3) is 5.98. The van der Waals surface area contributed by atoms with Gasteiger partial charge in [0.05, 0.1) is 5.75 Å². The molecule has 0 aliphatic carbocycles. The number of anilines is 1. The van der Waals surface area contributed by atoms with Gasteiger partial charge in [-0.1, -0.05) is 55.1 Å². The van der Waals surface area contributed by atoms with Crippen LogP contribution in [-0.2, 0) is 17.8 Å². The number of carbonyl (C=O) groups excluding carboxylic acids is 1. The highest BCUT2D eigenvalue weighted by Gasteiger charge is 2.20. The van der Waals surface area contributed by atoms with E-state index in [9.17, 15) is 4.79 Å². The fourth-order valence-electron chi connectivity index (χ4n) is 3.09. The minimum absolute atomic E-state index is 0.0897. The van der Waals surface area contributed by atoms with Gasteiger partial charge in [0.25, 0.3) is 0 Å². The predicted octanol–water partition coefficient (Wildman–Crippen LogP) is 5.21. The van der Waals surface area contributed by atoms with Crippen molar-refractivity contribution >= 4 is 23.4 Å². The van der Waals surface area contributed by atoms with Crippen LogP contribution < -0.4 is 10.1 Å². The average molecular weight is 437 g/mol.